The highest BCUT2D eigenvalue weighted by Crippen LogP contribution is 2.27. The van der Waals surface area contributed by atoms with Crippen LogP contribution in [0.5, 0.6) is 0 Å². The highest BCUT2D eigenvalue weighted by atomic mass is 32.1. The second kappa shape index (κ2) is 3.28. The molecule has 1 aliphatic rings. The van der Waals surface area contributed by atoms with Crippen molar-refractivity contribution in [3.05, 3.63) is 0 Å². The predicted octanol–water partition coefficient (Wildman–Crippen LogP) is 0.960. The number of hydrogen-bond donors (Lipinski definition) is 2. The van der Waals surface area contributed by atoms with E-state index in [2.05, 4.69) is 12.6 Å². The molecular weight excluding hydrogens is 146 g/mol. The van der Waals surface area contributed by atoms with E-state index in [0.29, 0.717) is 0 Å². The molecule has 0 bridgehead atoms. The first-order chi connectivity index (χ1) is 4.72. The molecule has 2 unspecified atom stereocenters. The van der Waals surface area contributed by atoms with Gasteiger partial charge in [0.05, 0.1) is 0 Å². The molecule has 58 valence electrons. The SMILES string of the molecule is NC(=O)C1CCCCC1S. The third-order valence-electron chi connectivity index (χ3n) is 2.09. The van der Waals surface area contributed by atoms with E-state index in [1.54, 1.807) is 0 Å². The third-order valence-corrected chi connectivity index (χ3v) is 2.71. The Labute approximate surface area is 66.6 Å². The molecular formula is C7H13NOS. The lowest BCUT2D eigenvalue weighted by atomic mass is 9.88. The maximum atomic E-state index is 10.7. The quantitative estimate of drug-likeness (QED) is 0.550. The van der Waals surface area contributed by atoms with E-state index in [-0.39, 0.29) is 17.1 Å². The number of primary amides is 1. The van der Waals surface area contributed by atoms with Crippen molar-refractivity contribution >= 4 is 18.5 Å². The Hall–Kier alpha value is -0.180. The predicted molar refractivity (Wildman–Crippen MR) is 43.9 cm³/mol. The molecule has 0 heterocycles. The van der Waals surface area contributed by atoms with Crippen molar-refractivity contribution in [3.63, 3.8) is 0 Å². The summed E-state index contributed by atoms with van der Waals surface area (Å²) in [6, 6.07) is 0. The molecule has 1 amide bonds. The molecule has 0 aromatic rings. The van der Waals surface area contributed by atoms with E-state index in [1.807, 2.05) is 0 Å². The van der Waals surface area contributed by atoms with Crippen LogP contribution < -0.4 is 5.73 Å². The van der Waals surface area contributed by atoms with Crippen LogP contribution in [0.2, 0.25) is 0 Å². The number of rotatable bonds is 1. The fourth-order valence-corrected chi connectivity index (χ4v) is 1.92. The summed E-state index contributed by atoms with van der Waals surface area (Å²) in [6.45, 7) is 0. The highest BCUT2D eigenvalue weighted by molar-refractivity contribution is 7.81. The van der Waals surface area contributed by atoms with Gasteiger partial charge < -0.3 is 5.73 Å². The number of hydrogen-bond acceptors (Lipinski definition) is 2. The lowest BCUT2D eigenvalue weighted by Crippen LogP contribution is -2.32. The number of nitrogens with two attached hydrogens (primary N) is 1. The summed E-state index contributed by atoms with van der Waals surface area (Å²) in [5.74, 6) is -0.156. The molecule has 10 heavy (non-hydrogen) atoms. The zero-order valence-electron chi connectivity index (χ0n) is 5.92. The van der Waals surface area contributed by atoms with Crippen LogP contribution in [0.25, 0.3) is 0 Å². The number of amides is 1. The Bertz CT molecular complexity index is 138. The van der Waals surface area contributed by atoms with E-state index in [4.69, 9.17) is 5.73 Å². The standard InChI is InChI=1S/C7H13NOS/c8-7(9)5-3-1-2-4-6(5)10/h5-6,10H,1-4H2,(H2,8,9). The van der Waals surface area contributed by atoms with Gasteiger partial charge in [0.25, 0.3) is 0 Å². The molecule has 1 saturated carbocycles. The Morgan fingerprint density at radius 3 is 2.40 bits per heavy atom. The van der Waals surface area contributed by atoms with Crippen LogP contribution in [0.1, 0.15) is 25.7 Å². The second-order valence-corrected chi connectivity index (χ2v) is 3.52. The minimum Gasteiger partial charge on any atom is -0.369 e. The molecule has 3 heteroatoms. The van der Waals surface area contributed by atoms with Crippen molar-refractivity contribution in [3.8, 4) is 0 Å². The lowest BCUT2D eigenvalue weighted by molar-refractivity contribution is -0.122. The van der Waals surface area contributed by atoms with Crippen molar-refractivity contribution < 1.29 is 4.79 Å². The fourth-order valence-electron chi connectivity index (χ4n) is 1.44. The van der Waals surface area contributed by atoms with Gasteiger partial charge in [-0.2, -0.15) is 12.6 Å². The lowest BCUT2D eigenvalue weighted by Gasteiger charge is -2.24. The van der Waals surface area contributed by atoms with Gasteiger partial charge in [0, 0.05) is 11.2 Å². The molecule has 1 aliphatic carbocycles. The summed E-state index contributed by atoms with van der Waals surface area (Å²) in [5.41, 5.74) is 5.17. The van der Waals surface area contributed by atoms with Gasteiger partial charge in [0.2, 0.25) is 5.91 Å². The van der Waals surface area contributed by atoms with Gasteiger partial charge in [-0.1, -0.05) is 12.8 Å². The zero-order chi connectivity index (χ0) is 7.56. The first kappa shape index (κ1) is 7.92. The van der Waals surface area contributed by atoms with Crippen molar-refractivity contribution in [1.29, 1.82) is 0 Å². The van der Waals surface area contributed by atoms with Crippen molar-refractivity contribution in [2.75, 3.05) is 0 Å². The molecule has 0 aromatic carbocycles. The molecule has 0 spiro atoms. The summed E-state index contributed by atoms with van der Waals surface area (Å²) in [4.78, 5) is 10.7. The van der Waals surface area contributed by atoms with Crippen LogP contribution in [0.4, 0.5) is 0 Å². The van der Waals surface area contributed by atoms with Crippen molar-refractivity contribution in [1.82, 2.24) is 0 Å². The first-order valence-corrected chi connectivity index (χ1v) is 4.21. The Morgan fingerprint density at radius 1 is 1.40 bits per heavy atom. The van der Waals surface area contributed by atoms with E-state index in [1.165, 1.54) is 6.42 Å². The van der Waals surface area contributed by atoms with E-state index >= 15 is 0 Å². The van der Waals surface area contributed by atoms with Crippen LogP contribution in [-0.2, 0) is 4.79 Å². The van der Waals surface area contributed by atoms with Gasteiger partial charge in [0.15, 0.2) is 0 Å². The van der Waals surface area contributed by atoms with Crippen LogP contribution >= 0.6 is 12.6 Å². The van der Waals surface area contributed by atoms with Gasteiger partial charge in [-0.15, -0.1) is 0 Å². The summed E-state index contributed by atoms with van der Waals surface area (Å²) in [6.07, 6.45) is 4.29. The minimum absolute atomic E-state index is 0.0251. The smallest absolute Gasteiger partial charge is 0.221 e. The maximum Gasteiger partial charge on any atom is 0.221 e. The maximum absolute atomic E-state index is 10.7. The Kier molecular flexibility index (Phi) is 2.60. The molecule has 1 rings (SSSR count). The average molecular weight is 159 g/mol. The van der Waals surface area contributed by atoms with Crippen LogP contribution in [-0.4, -0.2) is 11.2 Å². The number of carbonyl (C=O) groups excluding carboxylic acids is 1. The van der Waals surface area contributed by atoms with Gasteiger partial charge in [-0.25, -0.2) is 0 Å². The largest absolute Gasteiger partial charge is 0.369 e. The van der Waals surface area contributed by atoms with Gasteiger partial charge in [-0.3, -0.25) is 4.79 Å². The van der Waals surface area contributed by atoms with Crippen LogP contribution in [0.3, 0.4) is 0 Å². The molecule has 0 saturated heterocycles. The Balaban J connectivity index is 2.47. The summed E-state index contributed by atoms with van der Waals surface area (Å²) in [5, 5.41) is 0.214. The molecule has 2 nitrogen and oxygen atoms in total. The minimum atomic E-state index is -0.181. The highest BCUT2D eigenvalue weighted by Gasteiger charge is 2.26. The molecule has 0 aromatic heterocycles. The van der Waals surface area contributed by atoms with Gasteiger partial charge >= 0.3 is 0 Å². The van der Waals surface area contributed by atoms with E-state index < -0.39 is 0 Å². The van der Waals surface area contributed by atoms with Crippen LogP contribution in [0.15, 0.2) is 0 Å². The summed E-state index contributed by atoms with van der Waals surface area (Å²) in [7, 11) is 0. The second-order valence-electron chi connectivity index (χ2n) is 2.86. The zero-order valence-corrected chi connectivity index (χ0v) is 6.81. The van der Waals surface area contributed by atoms with Crippen LogP contribution in [0, 0.1) is 5.92 Å². The molecule has 2 N–H and O–H groups in total. The number of thiol groups is 1. The first-order valence-electron chi connectivity index (χ1n) is 3.69. The van der Waals surface area contributed by atoms with Crippen molar-refractivity contribution in [2.24, 2.45) is 11.7 Å². The molecule has 2 atom stereocenters. The summed E-state index contributed by atoms with van der Waals surface area (Å²) >= 11 is 4.29. The van der Waals surface area contributed by atoms with Crippen molar-refractivity contribution in [2.45, 2.75) is 30.9 Å². The molecule has 0 radical (unpaired) electrons. The topological polar surface area (TPSA) is 43.1 Å². The van der Waals surface area contributed by atoms with Gasteiger partial charge in [-0.05, 0) is 12.8 Å². The number of carbonyl (C=O) groups is 1. The van der Waals surface area contributed by atoms with Gasteiger partial charge in [0.1, 0.15) is 0 Å². The molecule has 0 aliphatic heterocycles. The Morgan fingerprint density at radius 2 is 2.00 bits per heavy atom. The average Bonchev–Trinajstić information content (AvgIpc) is 1.88. The van der Waals surface area contributed by atoms with E-state index in [0.717, 1.165) is 19.3 Å². The third kappa shape index (κ3) is 1.66. The summed E-state index contributed by atoms with van der Waals surface area (Å²) < 4.78 is 0. The molecule has 1 fully saturated rings. The normalized spacial score (nSPS) is 33.7. The monoisotopic (exact) mass is 159 g/mol. The van der Waals surface area contributed by atoms with E-state index in [9.17, 15) is 4.79 Å². The fraction of sp³-hybridized carbons (Fsp3) is 0.857.